The van der Waals surface area contributed by atoms with E-state index in [1.807, 2.05) is 66.7 Å². The van der Waals surface area contributed by atoms with Crippen molar-refractivity contribution in [2.24, 2.45) is 22.7 Å². The van der Waals surface area contributed by atoms with Gasteiger partial charge in [-0.15, -0.1) is 13.2 Å². The van der Waals surface area contributed by atoms with Crippen LogP contribution in [-0.2, 0) is 76.4 Å². The van der Waals surface area contributed by atoms with Crippen LogP contribution >= 0.6 is 0 Å². The highest BCUT2D eigenvalue weighted by Crippen LogP contribution is 2.58. The summed E-state index contributed by atoms with van der Waals surface area (Å²) < 4.78 is 88.5. The second-order valence-electron chi connectivity index (χ2n) is 27.2. The van der Waals surface area contributed by atoms with E-state index in [1.54, 1.807) is 95.9 Å². The van der Waals surface area contributed by atoms with Gasteiger partial charge in [0.1, 0.15) is 48.6 Å². The molecule has 4 aliphatic carbocycles. The van der Waals surface area contributed by atoms with Gasteiger partial charge in [-0.05, 0) is 142 Å². The van der Waals surface area contributed by atoms with Crippen LogP contribution in [0.25, 0.3) is 21.5 Å². The van der Waals surface area contributed by atoms with Crippen molar-refractivity contribution in [2.45, 2.75) is 151 Å². The number of esters is 1. The molecular weight excluding hydrogens is 1340 g/mol. The number of ketones is 2. The molecule has 0 bridgehead atoms. The lowest BCUT2D eigenvalue weighted by molar-refractivity contribution is -0.253. The molecule has 0 radical (unpaired) electrons. The standard InChI is InChI=1S/C41H48N4O11S.C25H29N3O6S.C7H8O2/c1-6-27-21-41(27,38(49)44-57(51,52)30-13-14-30)22-34(46)33-19-29(55-36-31-15-12-28(53-5)18-26(31)16-17-42-36)23-45(33)37(48)32(43-39(50)56-40(2,3)4)20-35(47)54-24-25-10-8-7-9-11-25;1-3-16-12-25(16,24(30)28-35(31,32)19-5-6-19)13-22(29)21-11-18(14-27-21)34-23-20-7-4-17(33-2)10-15(20)8-9-26-23;8-9-6-7-4-2-1-3-5-7/h6-12,15-18,27,29-30,32-33H,1,13-14,19-24H2,2-5H3,(H,43,50)(H,44,49);3-4,7-10,16,18-19,21,27H,1,5-6,11-14H2,2H3,(H,28,30);1-5,8H,6H2/t27-,29-,32+,33+,41-;16-,18-,21+,25-;/m11./s1. The highest BCUT2D eigenvalue weighted by atomic mass is 32.2. The smallest absolute Gasteiger partial charge is 0.408 e. The fourth-order valence-electron chi connectivity index (χ4n) is 12.6. The highest BCUT2D eigenvalue weighted by Gasteiger charge is 2.63. The Morgan fingerprint density at radius 1 is 0.673 bits per heavy atom. The second-order valence-corrected chi connectivity index (χ2v) is 31.1. The largest absolute Gasteiger partial charge is 0.497 e. The first-order valence-electron chi connectivity index (χ1n) is 33.4. The monoisotopic (exact) mass is 1430 g/mol. The number of likely N-dealkylation sites (tertiary alicyclic amines) is 1. The Hall–Kier alpha value is -9.35. The average molecular weight is 1430 g/mol. The van der Waals surface area contributed by atoms with Gasteiger partial charge in [-0.1, -0.05) is 72.8 Å². The van der Waals surface area contributed by atoms with Crippen molar-refractivity contribution < 1.29 is 89.0 Å². The van der Waals surface area contributed by atoms with E-state index in [1.165, 1.54) is 11.0 Å². The summed E-state index contributed by atoms with van der Waals surface area (Å²) >= 11 is 0. The molecule has 538 valence electrons. The van der Waals surface area contributed by atoms with Crippen molar-refractivity contribution in [3.8, 4) is 23.3 Å². The first-order valence-corrected chi connectivity index (χ1v) is 36.4. The molecule has 4 saturated carbocycles. The van der Waals surface area contributed by atoms with Crippen molar-refractivity contribution in [3.63, 3.8) is 0 Å². The summed E-state index contributed by atoms with van der Waals surface area (Å²) in [6, 6.07) is 29.8. The van der Waals surface area contributed by atoms with Crippen LogP contribution in [0.15, 0.2) is 147 Å². The molecule has 6 fully saturated rings. The van der Waals surface area contributed by atoms with Gasteiger partial charge in [0.2, 0.25) is 49.5 Å². The lowest BCUT2D eigenvalue weighted by Crippen LogP contribution is -2.53. The molecule has 12 rings (SSSR count). The molecule has 4 amide bonds. The lowest BCUT2D eigenvalue weighted by Gasteiger charge is -2.29. The number of allylic oxidation sites excluding steroid dienone is 2. The molecule has 4 aromatic carbocycles. The molecule has 2 saturated heterocycles. The Kier molecular flexibility index (Phi) is 23.3. The number of aromatic nitrogens is 2. The number of rotatable bonds is 28. The molecule has 5 N–H and O–H groups in total. The van der Waals surface area contributed by atoms with Crippen molar-refractivity contribution in [1.29, 1.82) is 0 Å². The molecule has 6 aliphatic rings. The van der Waals surface area contributed by atoms with Crippen LogP contribution in [0, 0.1) is 22.7 Å². The van der Waals surface area contributed by atoms with Crippen molar-refractivity contribution >= 4 is 82.9 Å². The van der Waals surface area contributed by atoms with Crippen LogP contribution in [-0.4, -0.2) is 152 Å². The van der Waals surface area contributed by atoms with Gasteiger partial charge in [0.15, 0.2) is 11.6 Å². The van der Waals surface area contributed by atoms with Gasteiger partial charge in [0, 0.05) is 55.4 Å². The molecule has 28 heteroatoms. The van der Waals surface area contributed by atoms with E-state index in [9.17, 15) is 50.4 Å². The quantitative estimate of drug-likeness (QED) is 0.0134. The third kappa shape index (κ3) is 18.8. The summed E-state index contributed by atoms with van der Waals surface area (Å²) in [4.78, 5) is 109. The number of sulfonamides is 2. The van der Waals surface area contributed by atoms with Gasteiger partial charge in [0.25, 0.3) is 0 Å². The Bertz CT molecular complexity index is 4300. The van der Waals surface area contributed by atoms with E-state index in [0.717, 1.165) is 27.5 Å². The third-order valence-corrected chi connectivity index (χ3v) is 22.3. The number of nitrogens with zero attached hydrogens (tertiary/aromatic N) is 3. The Morgan fingerprint density at radius 3 is 1.63 bits per heavy atom. The molecular formula is C73H85N7O19S2. The summed E-state index contributed by atoms with van der Waals surface area (Å²) in [5, 5.41) is 15.8. The first-order chi connectivity index (χ1) is 48.2. The number of nitrogens with one attached hydrogen (secondary N) is 4. The average Bonchev–Trinajstić information content (AvgIpc) is 1.58. The number of pyridine rings is 2. The predicted molar refractivity (Wildman–Crippen MR) is 371 cm³/mol. The van der Waals surface area contributed by atoms with Crippen molar-refractivity contribution in [3.05, 3.63) is 158 Å². The first kappa shape index (κ1) is 74.3. The summed E-state index contributed by atoms with van der Waals surface area (Å²) in [5.74, 6) is -2.24. The highest BCUT2D eigenvalue weighted by molar-refractivity contribution is 7.91. The molecule has 6 aromatic rings. The van der Waals surface area contributed by atoms with E-state index in [4.69, 9.17) is 33.7 Å². The number of hydrogen-bond donors (Lipinski definition) is 5. The maximum atomic E-state index is 14.6. The molecule has 9 atom stereocenters. The zero-order valence-corrected chi connectivity index (χ0v) is 58.5. The van der Waals surface area contributed by atoms with Gasteiger partial charge >= 0.3 is 12.1 Å². The number of carbonyl (C=O) groups is 7. The van der Waals surface area contributed by atoms with Gasteiger partial charge in [-0.25, -0.2) is 36.5 Å². The molecule has 2 aromatic heterocycles. The third-order valence-electron chi connectivity index (χ3n) is 18.6. The normalized spacial score (nSPS) is 23.0. The van der Waals surface area contributed by atoms with Crippen LogP contribution in [0.5, 0.6) is 23.3 Å². The SMILES string of the molecule is C=C[C@@H]1C[C@]1(CC(=O)[C@@H]1C[C@@H](Oc2nccc3cc(OC)ccc23)CN1)C(=O)NS(=O)(=O)C1CC1.C=C[C@@H]1C[C@]1(CC(=O)[C@@H]1C[C@@H](Oc2nccc3cc(OC)ccc23)CN1C(=O)[C@H](CC(=O)OCc1ccccc1)NC(=O)OC(C)(C)C)C(=O)NS(=O)(=O)C1CC1.OOCc1ccccc1. The summed E-state index contributed by atoms with van der Waals surface area (Å²) in [5.41, 5.74) is -1.70. The predicted octanol–water partition coefficient (Wildman–Crippen LogP) is 8.17. The van der Waals surface area contributed by atoms with E-state index < -0.39 is 126 Å². The number of Topliss-reactive ketones (excluding diaryl/α,β-unsaturated/α-hetero) is 2. The lowest BCUT2D eigenvalue weighted by atomic mass is 9.91. The topological polar surface area (TPSA) is 350 Å². The number of benzene rings is 4. The van der Waals surface area contributed by atoms with Crippen LogP contribution in [0.4, 0.5) is 4.79 Å². The van der Waals surface area contributed by atoms with Crippen molar-refractivity contribution in [2.75, 3.05) is 27.3 Å². The van der Waals surface area contributed by atoms with Gasteiger partial charge in [0.05, 0.1) is 60.6 Å². The molecule has 101 heavy (non-hydrogen) atoms. The maximum absolute atomic E-state index is 14.6. The summed E-state index contributed by atoms with van der Waals surface area (Å²) in [7, 11) is -4.43. The Morgan fingerprint density at radius 2 is 1.17 bits per heavy atom. The molecule has 4 heterocycles. The fourth-order valence-corrected chi connectivity index (χ4v) is 15.3. The minimum Gasteiger partial charge on any atom is -0.497 e. The van der Waals surface area contributed by atoms with Crippen LogP contribution in [0.2, 0.25) is 0 Å². The van der Waals surface area contributed by atoms with E-state index >= 15 is 0 Å². The zero-order valence-electron chi connectivity index (χ0n) is 56.9. The minimum atomic E-state index is -3.92. The van der Waals surface area contributed by atoms with Crippen LogP contribution in [0.1, 0.15) is 103 Å². The van der Waals surface area contributed by atoms with Gasteiger partial charge in [-0.3, -0.25) is 43.5 Å². The van der Waals surface area contributed by atoms with Gasteiger partial charge < -0.3 is 44.0 Å². The molecule has 2 aliphatic heterocycles. The fraction of sp³-hybridized carbons (Fsp3) is 0.438. The number of methoxy groups -OCH3 is 2. The summed E-state index contributed by atoms with van der Waals surface area (Å²) in [6.07, 6.45) is 6.33. The van der Waals surface area contributed by atoms with Crippen molar-refractivity contribution in [1.82, 2.24) is 34.9 Å². The Balaban J connectivity index is 0.000000210. The van der Waals surface area contributed by atoms with E-state index in [-0.39, 0.29) is 62.7 Å². The second kappa shape index (κ2) is 31.7. The number of ether oxygens (including phenoxy) is 6. The van der Waals surface area contributed by atoms with E-state index in [2.05, 4.69) is 48.1 Å². The molecule has 0 unspecified atom stereocenters. The number of hydrogen-bond acceptors (Lipinski definition) is 22. The maximum Gasteiger partial charge on any atom is 0.408 e. The number of amides is 4. The van der Waals surface area contributed by atoms with Crippen LogP contribution in [0.3, 0.4) is 0 Å². The van der Waals surface area contributed by atoms with Crippen LogP contribution < -0.4 is 39.0 Å². The molecule has 0 spiro atoms. The number of fused-ring (bicyclic) bond motifs is 2. The molecule has 26 nitrogen and oxygen atoms in total. The Labute approximate surface area is 586 Å². The van der Waals surface area contributed by atoms with Gasteiger partial charge in [-0.2, -0.15) is 0 Å². The summed E-state index contributed by atoms with van der Waals surface area (Å²) in [6.45, 7) is 13.0. The number of alkyl carbamates (subject to hydrolysis) is 1. The van der Waals surface area contributed by atoms with E-state index in [0.29, 0.717) is 67.6 Å². The zero-order chi connectivity index (χ0) is 72.4. The minimum absolute atomic E-state index is 0.0345. The number of carbonyl (C=O) groups excluding carboxylic acids is 7.